The average molecular weight is 351 g/mol. The Bertz CT molecular complexity index is 188. The number of nitro groups is 3. The van der Waals surface area contributed by atoms with Gasteiger partial charge in [-0.25, -0.2) is 0 Å². The Morgan fingerprint density at radius 2 is 1.09 bits per heavy atom. The Balaban J connectivity index is 4.99. The quantitative estimate of drug-likeness (QED) is 0.277. The Kier molecular flexibility index (Phi) is 2.79. The molecule has 0 saturated carbocycles. The van der Waals surface area contributed by atoms with Crippen LogP contribution >= 0.6 is 0 Å². The summed E-state index contributed by atoms with van der Waals surface area (Å²) in [5.74, 6) is 0. The van der Waals surface area contributed by atoms with Crippen LogP contribution in [0.3, 0.4) is 0 Å². The molecule has 0 aliphatic rings. The van der Waals surface area contributed by atoms with Gasteiger partial charge in [-0.2, -0.15) is 0 Å². The molecule has 0 saturated heterocycles. The first-order valence-corrected chi connectivity index (χ1v) is 4.87. The van der Waals surface area contributed by atoms with E-state index in [4.69, 9.17) is 0 Å². The van der Waals surface area contributed by atoms with Gasteiger partial charge >= 0.3 is 74.5 Å². The van der Waals surface area contributed by atoms with Crippen molar-refractivity contribution >= 4 is 0 Å². The predicted molar refractivity (Wildman–Crippen MR) is 23.7 cm³/mol. The van der Waals surface area contributed by atoms with E-state index in [-0.39, 0.29) is 0 Å². The summed E-state index contributed by atoms with van der Waals surface area (Å²) >= 11 is -1.21. The van der Waals surface area contributed by atoms with Crippen molar-refractivity contribution in [2.24, 2.45) is 0 Å². The van der Waals surface area contributed by atoms with Crippen LogP contribution in [0.1, 0.15) is 0 Å². The Labute approximate surface area is 74.8 Å². The van der Waals surface area contributed by atoms with E-state index in [1.54, 1.807) is 0 Å². The Morgan fingerprint density at radius 1 is 0.909 bits per heavy atom. The zero-order valence-corrected chi connectivity index (χ0v) is 10.5. The van der Waals surface area contributed by atoms with Gasteiger partial charge in [-0.3, -0.25) is 0 Å². The van der Waals surface area contributed by atoms with E-state index < -0.39 is 44.2 Å². The van der Waals surface area contributed by atoms with E-state index in [1.807, 2.05) is 0 Å². The van der Waals surface area contributed by atoms with Crippen LogP contribution in [-0.4, -0.2) is 18.1 Å². The fraction of sp³-hybridized carbons (Fsp3) is 1.00. The molecule has 0 unspecified atom stereocenters. The third kappa shape index (κ3) is 1.58. The molecule has 11 heavy (non-hydrogen) atoms. The predicted octanol–water partition coefficient (Wildman–Crippen LogP) is -1.03. The van der Waals surface area contributed by atoms with E-state index in [0.29, 0.717) is 0 Å². The van der Waals surface area contributed by atoms with Crippen LogP contribution in [0.25, 0.3) is 0 Å². The van der Waals surface area contributed by atoms with Crippen LogP contribution in [0.4, 0.5) is 0 Å². The second-order valence-corrected chi connectivity index (χ2v) is 5.23. The summed E-state index contributed by atoms with van der Waals surface area (Å²) in [5, 5.41) is 29.6. The first kappa shape index (κ1) is 10.1. The molecule has 0 atom stereocenters. The first-order valence-electron chi connectivity index (χ1n) is 2.12. The molecule has 10 heteroatoms. The second kappa shape index (κ2) is 3.03. The van der Waals surface area contributed by atoms with Crippen LogP contribution in [0.2, 0.25) is 0 Å². The summed E-state index contributed by atoms with van der Waals surface area (Å²) in [4.78, 5) is 25.2. The van der Waals surface area contributed by atoms with E-state index in [9.17, 15) is 30.3 Å². The molecular weight excluding hydrogens is 351 g/mol. The van der Waals surface area contributed by atoms with Gasteiger partial charge in [0.1, 0.15) is 0 Å². The van der Waals surface area contributed by atoms with Crippen molar-refractivity contribution in [1.82, 2.24) is 0 Å². The summed E-state index contributed by atoms with van der Waals surface area (Å²) in [7, 11) is 0. The minimum absolute atomic E-state index is 1.21. The van der Waals surface area contributed by atoms with Crippen LogP contribution in [0, 0.1) is 30.3 Å². The molecule has 0 aromatic rings. The summed E-state index contributed by atoms with van der Waals surface area (Å²) < 4.78 is -3.14. The van der Waals surface area contributed by atoms with Crippen molar-refractivity contribution in [3.63, 3.8) is 0 Å². The van der Waals surface area contributed by atoms with Crippen molar-refractivity contribution in [3.8, 4) is 0 Å². The molecular formula is CHgN3O6+. The number of nitrogens with zero attached hydrogens (tertiary/aromatic N) is 3. The molecule has 0 aromatic carbocycles. The third-order valence-corrected chi connectivity index (χ3v) is 3.89. The standard InChI is InChI=1S/CN3O6.Hg/c5-2(6)1(3(7)8)4(9)10;/q;+1. The number of hydrogen-bond acceptors (Lipinski definition) is 6. The minimum atomic E-state index is -3.14. The second-order valence-electron chi connectivity index (χ2n) is 1.55. The van der Waals surface area contributed by atoms with Gasteiger partial charge in [-0.1, -0.05) is 0 Å². The van der Waals surface area contributed by atoms with E-state index in [0.717, 1.165) is 0 Å². The van der Waals surface area contributed by atoms with Gasteiger partial charge in [0.15, 0.2) is 0 Å². The fourth-order valence-corrected chi connectivity index (χ4v) is 0.200. The Morgan fingerprint density at radius 3 is 1.09 bits per heavy atom. The molecule has 56 valence electrons. The molecule has 0 heterocycles. The summed E-state index contributed by atoms with van der Waals surface area (Å²) in [6.07, 6.45) is 0. The van der Waals surface area contributed by atoms with Gasteiger partial charge in [-0.05, 0) is 0 Å². The summed E-state index contributed by atoms with van der Waals surface area (Å²) in [6, 6.07) is 0. The van der Waals surface area contributed by atoms with Crippen molar-refractivity contribution in [1.29, 1.82) is 0 Å². The van der Waals surface area contributed by atoms with E-state index in [1.165, 1.54) is 0 Å². The zero-order chi connectivity index (χ0) is 9.23. The molecule has 0 bridgehead atoms. The number of hydrogen-bond donors (Lipinski definition) is 0. The monoisotopic (exact) mass is 352 g/mol. The Hall–Kier alpha value is -0.865. The topological polar surface area (TPSA) is 129 Å². The SMILES string of the molecule is O=[N+]([O-])[C]([Hg+])([N+](=O)[O-])[N+](=O)[O-]. The molecule has 9 nitrogen and oxygen atoms in total. The van der Waals surface area contributed by atoms with Crippen molar-refractivity contribution in [2.75, 3.05) is 0 Å². The molecule has 0 amide bonds. The maximum atomic E-state index is 9.88. The van der Waals surface area contributed by atoms with Crippen molar-refractivity contribution in [3.05, 3.63) is 30.3 Å². The van der Waals surface area contributed by atoms with Gasteiger partial charge in [0.2, 0.25) is 0 Å². The maximum absolute atomic E-state index is 9.88. The molecule has 0 fully saturated rings. The first-order chi connectivity index (χ1) is 4.83. The molecule has 0 spiro atoms. The molecule has 0 rings (SSSR count). The normalized spacial score (nSPS) is 10.7. The fourth-order valence-electron chi connectivity index (χ4n) is 0.200. The average Bonchev–Trinajstić information content (AvgIpc) is 1.84. The molecule has 0 aliphatic carbocycles. The van der Waals surface area contributed by atoms with Crippen LogP contribution in [0.5, 0.6) is 0 Å². The van der Waals surface area contributed by atoms with Crippen LogP contribution in [-0.2, 0) is 26.1 Å². The van der Waals surface area contributed by atoms with Gasteiger partial charge in [0.25, 0.3) is 0 Å². The van der Waals surface area contributed by atoms with E-state index in [2.05, 4.69) is 0 Å². The van der Waals surface area contributed by atoms with E-state index >= 15 is 0 Å². The summed E-state index contributed by atoms with van der Waals surface area (Å²) in [5.41, 5.74) is 0. The number of rotatable bonds is 3. The van der Waals surface area contributed by atoms with Crippen molar-refractivity contribution < 1.29 is 40.9 Å². The van der Waals surface area contributed by atoms with Crippen molar-refractivity contribution in [2.45, 2.75) is 3.30 Å². The molecule has 0 aromatic heterocycles. The van der Waals surface area contributed by atoms with Crippen LogP contribution < -0.4 is 0 Å². The van der Waals surface area contributed by atoms with Gasteiger partial charge < -0.3 is 0 Å². The molecule has 0 N–H and O–H groups in total. The summed E-state index contributed by atoms with van der Waals surface area (Å²) in [6.45, 7) is 0. The third-order valence-electron chi connectivity index (χ3n) is 0.877. The van der Waals surface area contributed by atoms with Gasteiger partial charge in [0, 0.05) is 0 Å². The molecule has 0 aliphatic heterocycles. The van der Waals surface area contributed by atoms with Crippen LogP contribution in [0.15, 0.2) is 0 Å². The van der Waals surface area contributed by atoms with Gasteiger partial charge in [-0.15, -0.1) is 0 Å². The van der Waals surface area contributed by atoms with Gasteiger partial charge in [0.05, 0.1) is 0 Å². The molecule has 0 radical (unpaired) electrons. The zero-order valence-electron chi connectivity index (χ0n) is 5.00.